The second-order valence-corrected chi connectivity index (χ2v) is 6.83. The Balaban J connectivity index is 1.92. The zero-order chi connectivity index (χ0) is 15.7. The van der Waals surface area contributed by atoms with Crippen LogP contribution in [0.4, 0.5) is 0 Å². The van der Waals surface area contributed by atoms with Crippen molar-refractivity contribution in [1.82, 2.24) is 19.9 Å². The zero-order valence-corrected chi connectivity index (χ0v) is 13.7. The lowest BCUT2D eigenvalue weighted by molar-refractivity contribution is -0.0368. The molecule has 0 unspecified atom stereocenters. The molecule has 1 fully saturated rings. The van der Waals surface area contributed by atoms with E-state index >= 15 is 0 Å². The van der Waals surface area contributed by atoms with Gasteiger partial charge in [0.1, 0.15) is 4.88 Å². The van der Waals surface area contributed by atoms with Crippen molar-refractivity contribution in [2.45, 2.75) is 26.3 Å². The molecular formula is C15H18N4O2S. The van der Waals surface area contributed by atoms with E-state index in [4.69, 9.17) is 4.74 Å². The molecule has 1 saturated heterocycles. The van der Waals surface area contributed by atoms with E-state index in [0.717, 1.165) is 5.69 Å². The molecule has 22 heavy (non-hydrogen) atoms. The van der Waals surface area contributed by atoms with E-state index in [9.17, 15) is 4.79 Å². The molecule has 7 heteroatoms. The molecule has 2 aromatic heterocycles. The summed E-state index contributed by atoms with van der Waals surface area (Å²) in [6, 6.07) is 1.76. The predicted molar refractivity (Wildman–Crippen MR) is 83.8 cm³/mol. The number of carbonyl (C=O) groups is 1. The topological polar surface area (TPSA) is 68.2 Å². The fraction of sp³-hybridized carbons (Fsp3) is 0.467. The second kappa shape index (κ2) is 5.73. The third-order valence-corrected chi connectivity index (χ3v) is 4.78. The van der Waals surface area contributed by atoms with Gasteiger partial charge in [-0.3, -0.25) is 4.79 Å². The highest BCUT2D eigenvalue weighted by molar-refractivity contribution is 7.17. The lowest BCUT2D eigenvalue weighted by Gasteiger charge is -2.41. The molecule has 0 atom stereocenters. The van der Waals surface area contributed by atoms with E-state index in [1.165, 1.54) is 11.3 Å². The normalized spacial score (nSPS) is 17.5. The molecule has 3 rings (SSSR count). The molecule has 0 aromatic carbocycles. The third kappa shape index (κ3) is 2.74. The first-order valence-electron chi connectivity index (χ1n) is 7.13. The van der Waals surface area contributed by atoms with Gasteiger partial charge in [0.05, 0.1) is 24.4 Å². The molecular weight excluding hydrogens is 300 g/mol. The molecule has 1 aliphatic rings. The number of amides is 1. The molecule has 1 amide bonds. The van der Waals surface area contributed by atoms with Gasteiger partial charge in [-0.2, -0.15) is 0 Å². The van der Waals surface area contributed by atoms with Crippen molar-refractivity contribution in [2.75, 3.05) is 19.8 Å². The first kappa shape index (κ1) is 15.1. The van der Waals surface area contributed by atoms with Crippen molar-refractivity contribution in [1.29, 1.82) is 0 Å². The van der Waals surface area contributed by atoms with Crippen LogP contribution in [0.25, 0.3) is 10.8 Å². The molecule has 0 bridgehead atoms. The van der Waals surface area contributed by atoms with Crippen LogP contribution in [0.15, 0.2) is 18.5 Å². The average molecular weight is 318 g/mol. The van der Waals surface area contributed by atoms with Crippen LogP contribution in [0, 0.1) is 6.92 Å². The largest absolute Gasteiger partial charge is 0.377 e. The molecule has 0 spiro atoms. The van der Waals surface area contributed by atoms with Gasteiger partial charge >= 0.3 is 0 Å². The van der Waals surface area contributed by atoms with Crippen molar-refractivity contribution < 1.29 is 9.53 Å². The summed E-state index contributed by atoms with van der Waals surface area (Å²) in [5, 5.41) is 0.674. The van der Waals surface area contributed by atoms with E-state index in [2.05, 4.69) is 15.0 Å². The lowest BCUT2D eigenvalue weighted by Crippen LogP contribution is -2.55. The highest BCUT2D eigenvalue weighted by Crippen LogP contribution is 2.29. The highest BCUT2D eigenvalue weighted by atomic mass is 32.1. The Morgan fingerprint density at radius 2 is 2.09 bits per heavy atom. The van der Waals surface area contributed by atoms with E-state index in [1.54, 1.807) is 18.5 Å². The second-order valence-electron chi connectivity index (χ2n) is 5.83. The number of hydrogen-bond acceptors (Lipinski definition) is 6. The zero-order valence-electron chi connectivity index (χ0n) is 12.9. The average Bonchev–Trinajstić information content (AvgIpc) is 2.89. The van der Waals surface area contributed by atoms with Crippen molar-refractivity contribution in [3.05, 3.63) is 29.0 Å². The van der Waals surface area contributed by atoms with Crippen molar-refractivity contribution >= 4 is 17.2 Å². The summed E-state index contributed by atoms with van der Waals surface area (Å²) >= 11 is 1.35. The number of aromatic nitrogens is 3. The van der Waals surface area contributed by atoms with Gasteiger partial charge in [0, 0.05) is 18.9 Å². The predicted octanol–water partition coefficient (Wildman–Crippen LogP) is 2.16. The number of aryl methyl sites for hydroxylation is 1. The van der Waals surface area contributed by atoms with E-state index in [-0.39, 0.29) is 11.4 Å². The van der Waals surface area contributed by atoms with Gasteiger partial charge in [-0.25, -0.2) is 15.0 Å². The molecule has 3 heterocycles. The van der Waals surface area contributed by atoms with Crippen molar-refractivity contribution in [2.24, 2.45) is 0 Å². The Labute approximate surface area is 133 Å². The van der Waals surface area contributed by atoms with E-state index in [1.807, 2.05) is 25.7 Å². The molecule has 2 aromatic rings. The SMILES string of the molecule is Cc1nc(-c2ncccn2)sc1C(=O)N1CCOCC1(C)C. The minimum absolute atomic E-state index is 0.00508. The molecule has 0 N–H and O–H groups in total. The molecule has 0 radical (unpaired) electrons. The molecule has 1 aliphatic heterocycles. The first-order valence-corrected chi connectivity index (χ1v) is 7.95. The van der Waals surface area contributed by atoms with Crippen LogP contribution in [-0.4, -0.2) is 51.1 Å². The number of morpholine rings is 1. The van der Waals surface area contributed by atoms with Gasteiger partial charge in [0.15, 0.2) is 10.8 Å². The number of nitrogens with zero attached hydrogens (tertiary/aromatic N) is 4. The molecule has 0 aliphatic carbocycles. The summed E-state index contributed by atoms with van der Waals surface area (Å²) in [4.78, 5) is 28.2. The number of carbonyl (C=O) groups excluding carboxylic acids is 1. The fourth-order valence-corrected chi connectivity index (χ4v) is 3.42. The quantitative estimate of drug-likeness (QED) is 0.849. The van der Waals surface area contributed by atoms with Crippen LogP contribution >= 0.6 is 11.3 Å². The number of hydrogen-bond donors (Lipinski definition) is 0. The van der Waals surface area contributed by atoms with Crippen molar-refractivity contribution in [3.63, 3.8) is 0 Å². The minimum Gasteiger partial charge on any atom is -0.377 e. The summed E-state index contributed by atoms with van der Waals surface area (Å²) in [6.45, 7) is 7.60. The summed E-state index contributed by atoms with van der Waals surface area (Å²) < 4.78 is 5.48. The van der Waals surface area contributed by atoms with Gasteiger partial charge in [0.25, 0.3) is 5.91 Å². The monoisotopic (exact) mass is 318 g/mol. The summed E-state index contributed by atoms with van der Waals surface area (Å²) in [7, 11) is 0. The number of rotatable bonds is 2. The Bertz CT molecular complexity index is 684. The van der Waals surface area contributed by atoms with Gasteiger partial charge in [-0.05, 0) is 26.8 Å². The third-order valence-electron chi connectivity index (χ3n) is 3.64. The molecule has 116 valence electrons. The summed E-state index contributed by atoms with van der Waals surface area (Å²) in [5.41, 5.74) is 0.412. The maximum absolute atomic E-state index is 12.9. The van der Waals surface area contributed by atoms with Crippen LogP contribution in [0.1, 0.15) is 29.2 Å². The van der Waals surface area contributed by atoms with E-state index < -0.39 is 0 Å². The maximum Gasteiger partial charge on any atom is 0.266 e. The van der Waals surface area contributed by atoms with Gasteiger partial charge in [-0.1, -0.05) is 0 Å². The standard InChI is InChI=1S/C15H18N4O2S/c1-10-11(14(20)19-7-8-21-9-15(19,2)3)22-13(18-10)12-16-5-4-6-17-12/h4-6H,7-9H2,1-3H3. The van der Waals surface area contributed by atoms with Gasteiger partial charge in [-0.15, -0.1) is 11.3 Å². The maximum atomic E-state index is 12.9. The summed E-state index contributed by atoms with van der Waals surface area (Å²) in [5.74, 6) is 0.557. The van der Waals surface area contributed by atoms with Crippen LogP contribution < -0.4 is 0 Å². The minimum atomic E-state index is -0.310. The fourth-order valence-electron chi connectivity index (χ4n) is 2.46. The van der Waals surface area contributed by atoms with E-state index in [0.29, 0.717) is 35.5 Å². The van der Waals surface area contributed by atoms with Crippen LogP contribution in [0.2, 0.25) is 0 Å². The smallest absolute Gasteiger partial charge is 0.266 e. The van der Waals surface area contributed by atoms with Crippen molar-refractivity contribution in [3.8, 4) is 10.8 Å². The van der Waals surface area contributed by atoms with Crippen LogP contribution in [-0.2, 0) is 4.74 Å². The molecule has 6 nitrogen and oxygen atoms in total. The van der Waals surface area contributed by atoms with Crippen LogP contribution in [0.3, 0.4) is 0 Å². The number of ether oxygens (including phenoxy) is 1. The Hall–Kier alpha value is -1.86. The first-order chi connectivity index (χ1) is 10.5. The Morgan fingerprint density at radius 1 is 1.36 bits per heavy atom. The highest BCUT2D eigenvalue weighted by Gasteiger charge is 2.36. The van der Waals surface area contributed by atoms with Gasteiger partial charge in [0.2, 0.25) is 0 Å². The Kier molecular flexibility index (Phi) is 3.92. The molecule has 0 saturated carbocycles. The Morgan fingerprint density at radius 3 is 2.77 bits per heavy atom. The van der Waals surface area contributed by atoms with Gasteiger partial charge < -0.3 is 9.64 Å². The summed E-state index contributed by atoms with van der Waals surface area (Å²) in [6.07, 6.45) is 3.34. The lowest BCUT2D eigenvalue weighted by atomic mass is 10.0. The number of thiazole rings is 1. The van der Waals surface area contributed by atoms with Crippen LogP contribution in [0.5, 0.6) is 0 Å².